The molecular weight excluding hydrogens is 570 g/mol. The van der Waals surface area contributed by atoms with Crippen molar-refractivity contribution in [3.63, 3.8) is 0 Å². The molecule has 0 spiro atoms. The van der Waals surface area contributed by atoms with Crippen LogP contribution in [0.1, 0.15) is 57.5 Å². The highest BCUT2D eigenvalue weighted by molar-refractivity contribution is 7.58. The molecule has 12 nitrogen and oxygen atoms in total. The van der Waals surface area contributed by atoms with E-state index in [1.54, 1.807) is 63.4 Å². The summed E-state index contributed by atoms with van der Waals surface area (Å²) in [6.45, 7) is 8.81. The van der Waals surface area contributed by atoms with Crippen molar-refractivity contribution in [1.82, 2.24) is 14.9 Å². The Labute approximate surface area is 242 Å². The number of carbonyl (C=O) groups is 1. The maximum atomic E-state index is 13.8. The minimum absolute atomic E-state index is 0.149. The van der Waals surface area contributed by atoms with Crippen LogP contribution in [-0.4, -0.2) is 73.2 Å². The number of urea groups is 1. The predicted octanol–water partition coefficient (Wildman–Crippen LogP) is 6.30. The van der Waals surface area contributed by atoms with Crippen molar-refractivity contribution in [2.24, 2.45) is 0 Å². The van der Waals surface area contributed by atoms with Crippen LogP contribution in [0.2, 0.25) is 0 Å². The van der Waals surface area contributed by atoms with E-state index in [2.05, 4.69) is 22.2 Å². The molecule has 1 aliphatic rings. The number of rotatable bonds is 16. The SMILES string of the molecule is CCCCN(CCc1ccc([C@H](CP2(=O)OCC(C)O2)P(=O)(OCC)OCC)nc1)C(=O)Nc1ccc(OC)cn1. The molecule has 0 aromatic carbocycles. The molecule has 2 aromatic heterocycles. The first-order valence-electron chi connectivity index (χ1n) is 14.0. The number of nitrogens with one attached hydrogen (secondary N) is 1. The molecule has 0 bridgehead atoms. The number of pyridine rings is 2. The number of aromatic nitrogens is 2. The number of amides is 2. The molecular formula is C27H42N4O8P2. The highest BCUT2D eigenvalue weighted by Gasteiger charge is 2.46. The summed E-state index contributed by atoms with van der Waals surface area (Å²) in [5.74, 6) is 1.04. The Morgan fingerprint density at radius 1 is 1.15 bits per heavy atom. The van der Waals surface area contributed by atoms with Gasteiger partial charge in [-0.25, -0.2) is 9.78 Å². The van der Waals surface area contributed by atoms with Crippen LogP contribution in [0.3, 0.4) is 0 Å². The zero-order valence-corrected chi connectivity index (χ0v) is 26.3. The summed E-state index contributed by atoms with van der Waals surface area (Å²) in [6, 6.07) is 6.76. The van der Waals surface area contributed by atoms with Gasteiger partial charge in [0.05, 0.1) is 51.1 Å². The van der Waals surface area contributed by atoms with Gasteiger partial charge in [-0.2, -0.15) is 0 Å². The molecule has 41 heavy (non-hydrogen) atoms. The van der Waals surface area contributed by atoms with Gasteiger partial charge in [-0.3, -0.25) is 19.4 Å². The van der Waals surface area contributed by atoms with Crippen molar-refractivity contribution in [3.05, 3.63) is 47.9 Å². The van der Waals surface area contributed by atoms with Gasteiger partial charge in [0.25, 0.3) is 0 Å². The number of carbonyl (C=O) groups excluding carboxylic acids is 1. The second-order valence-corrected chi connectivity index (χ2v) is 13.9. The zero-order valence-electron chi connectivity index (χ0n) is 24.5. The molecule has 3 rings (SSSR count). The number of methoxy groups -OCH3 is 1. The fraction of sp³-hybridized carbons (Fsp3) is 0.593. The van der Waals surface area contributed by atoms with E-state index in [0.29, 0.717) is 36.8 Å². The van der Waals surface area contributed by atoms with Crippen molar-refractivity contribution in [3.8, 4) is 5.75 Å². The topological polar surface area (TPSA) is 138 Å². The summed E-state index contributed by atoms with van der Waals surface area (Å²) in [5.41, 5.74) is 0.351. The predicted molar refractivity (Wildman–Crippen MR) is 157 cm³/mol. The summed E-state index contributed by atoms with van der Waals surface area (Å²) in [4.78, 5) is 23.5. The van der Waals surface area contributed by atoms with Gasteiger partial charge in [0.1, 0.15) is 17.2 Å². The fourth-order valence-corrected chi connectivity index (χ4v) is 9.21. The van der Waals surface area contributed by atoms with E-state index < -0.39 is 20.9 Å². The number of hydrogen-bond donors (Lipinski definition) is 1. The first-order chi connectivity index (χ1) is 19.6. The third-order valence-electron chi connectivity index (χ3n) is 6.38. The Bertz CT molecular complexity index is 1190. The summed E-state index contributed by atoms with van der Waals surface area (Å²) in [5, 5.41) is 2.84. The lowest BCUT2D eigenvalue weighted by Gasteiger charge is -2.27. The Morgan fingerprint density at radius 2 is 1.90 bits per heavy atom. The molecule has 2 amide bonds. The molecule has 3 atom stereocenters. The zero-order chi connectivity index (χ0) is 29.9. The van der Waals surface area contributed by atoms with E-state index in [-0.39, 0.29) is 38.1 Å². The van der Waals surface area contributed by atoms with Gasteiger partial charge < -0.3 is 27.7 Å². The molecule has 1 N–H and O–H groups in total. The van der Waals surface area contributed by atoms with Gasteiger partial charge in [0, 0.05) is 19.3 Å². The van der Waals surface area contributed by atoms with Crippen molar-refractivity contribution >= 4 is 27.0 Å². The largest absolute Gasteiger partial charge is 0.495 e. The van der Waals surface area contributed by atoms with Crippen LogP contribution in [0.15, 0.2) is 36.7 Å². The normalized spacial score (nSPS) is 19.6. The van der Waals surface area contributed by atoms with E-state index in [9.17, 15) is 13.9 Å². The lowest BCUT2D eigenvalue weighted by Crippen LogP contribution is -2.37. The monoisotopic (exact) mass is 612 g/mol. The Balaban J connectivity index is 1.74. The molecule has 1 aliphatic heterocycles. The summed E-state index contributed by atoms with van der Waals surface area (Å²) >= 11 is 0. The van der Waals surface area contributed by atoms with E-state index in [0.717, 1.165) is 18.4 Å². The van der Waals surface area contributed by atoms with Crippen molar-refractivity contribution < 1.29 is 36.8 Å². The standard InChI is InChI=1S/C27H42N4O8P2/c1-6-9-15-31(27(32)30-26-13-11-23(35-5)18-29-26)16-14-22-10-12-24(28-17-22)25(41(34,36-7-2)37-8-3)20-40(33)38-19-21(4)39-40/h10-13,17-18,21,25H,6-9,14-16,19-20H2,1-5H3,(H,29,30,32)/t21?,25-,40?/m0/s1. The first-order valence-corrected chi connectivity index (χ1v) is 17.3. The summed E-state index contributed by atoms with van der Waals surface area (Å²) in [7, 11) is -5.71. The molecule has 0 aliphatic carbocycles. The molecule has 228 valence electrons. The third kappa shape index (κ3) is 9.60. The van der Waals surface area contributed by atoms with Crippen molar-refractivity contribution in [2.75, 3.05) is 51.5 Å². The second kappa shape index (κ2) is 15.8. The highest BCUT2D eigenvalue weighted by atomic mass is 31.2. The summed E-state index contributed by atoms with van der Waals surface area (Å²) < 4.78 is 54.4. The van der Waals surface area contributed by atoms with Gasteiger partial charge in [-0.05, 0) is 57.4 Å². The molecule has 1 saturated heterocycles. The molecule has 2 aromatic rings. The second-order valence-electron chi connectivity index (χ2n) is 9.59. The van der Waals surface area contributed by atoms with Crippen LogP contribution >= 0.6 is 15.2 Å². The maximum Gasteiger partial charge on any atom is 0.340 e. The van der Waals surface area contributed by atoms with Crippen molar-refractivity contribution in [1.29, 1.82) is 0 Å². The van der Waals surface area contributed by atoms with Crippen LogP contribution in [0.5, 0.6) is 5.75 Å². The highest BCUT2D eigenvalue weighted by Crippen LogP contribution is 2.67. The van der Waals surface area contributed by atoms with E-state index >= 15 is 0 Å². The van der Waals surface area contributed by atoms with E-state index in [4.69, 9.17) is 22.8 Å². The molecule has 0 radical (unpaired) electrons. The number of nitrogens with zero attached hydrogens (tertiary/aromatic N) is 3. The van der Waals surface area contributed by atoms with Gasteiger partial charge in [0.2, 0.25) is 0 Å². The van der Waals surface area contributed by atoms with Gasteiger partial charge in [0.15, 0.2) is 0 Å². The number of ether oxygens (including phenoxy) is 1. The molecule has 14 heteroatoms. The fourth-order valence-electron chi connectivity index (χ4n) is 4.27. The molecule has 2 unspecified atom stereocenters. The molecule has 1 fully saturated rings. The smallest absolute Gasteiger partial charge is 0.340 e. The lowest BCUT2D eigenvalue weighted by atomic mass is 10.1. The molecule has 0 saturated carbocycles. The average molecular weight is 613 g/mol. The average Bonchev–Trinajstić information content (AvgIpc) is 3.30. The minimum Gasteiger partial charge on any atom is -0.495 e. The van der Waals surface area contributed by atoms with Gasteiger partial charge >= 0.3 is 21.2 Å². The molecule has 3 heterocycles. The van der Waals surface area contributed by atoms with E-state index in [1.165, 1.54) is 0 Å². The van der Waals surface area contributed by atoms with Crippen LogP contribution in [0.25, 0.3) is 0 Å². The quantitative estimate of drug-likeness (QED) is 0.215. The van der Waals surface area contributed by atoms with Crippen molar-refractivity contribution in [2.45, 2.75) is 58.7 Å². The maximum absolute atomic E-state index is 13.8. The Kier molecular flexibility index (Phi) is 12.8. The number of anilines is 1. The number of hydrogen-bond acceptors (Lipinski definition) is 10. The Hall–Kier alpha value is -2.33. The first kappa shape index (κ1) is 33.2. The van der Waals surface area contributed by atoms with E-state index in [1.807, 2.05) is 6.07 Å². The van der Waals surface area contributed by atoms with Gasteiger partial charge in [-0.15, -0.1) is 0 Å². The number of unbranched alkanes of at least 4 members (excludes halogenated alkanes) is 1. The van der Waals surface area contributed by atoms with Crippen LogP contribution < -0.4 is 10.1 Å². The van der Waals surface area contributed by atoms with Crippen LogP contribution in [0, 0.1) is 0 Å². The lowest BCUT2D eigenvalue weighted by molar-refractivity contribution is 0.210. The summed E-state index contributed by atoms with van der Waals surface area (Å²) in [6.07, 6.45) is 5.05. The Morgan fingerprint density at radius 3 is 2.44 bits per heavy atom. The van der Waals surface area contributed by atoms with Crippen LogP contribution in [-0.2, 0) is 33.6 Å². The minimum atomic E-state index is -3.75. The third-order valence-corrected chi connectivity index (χ3v) is 11.1. The van der Waals surface area contributed by atoms with Crippen LogP contribution in [0.4, 0.5) is 10.6 Å². The van der Waals surface area contributed by atoms with Gasteiger partial charge in [-0.1, -0.05) is 19.4 Å².